The first-order valence-electron chi connectivity index (χ1n) is 9.05. The molecule has 0 aliphatic rings. The van der Waals surface area contributed by atoms with Crippen molar-refractivity contribution in [3.63, 3.8) is 0 Å². The summed E-state index contributed by atoms with van der Waals surface area (Å²) in [5.41, 5.74) is 2.92. The number of fused-ring (bicyclic) bond motifs is 1. The number of oxazole rings is 1. The topological polar surface area (TPSA) is 95.7 Å². The van der Waals surface area contributed by atoms with Crippen LogP contribution >= 0.6 is 0 Å². The molecule has 0 aliphatic heterocycles. The summed E-state index contributed by atoms with van der Waals surface area (Å²) in [4.78, 5) is 20.8. The SMILES string of the molecule is COc1cc(-c2nc3cc(NC(=O)c4cccnc4)ccc3o2)cc(OC)c1OC. The van der Waals surface area contributed by atoms with Gasteiger partial charge >= 0.3 is 0 Å². The van der Waals surface area contributed by atoms with E-state index in [0.717, 1.165) is 0 Å². The van der Waals surface area contributed by atoms with Crippen molar-refractivity contribution >= 4 is 22.7 Å². The fraction of sp³-hybridized carbons (Fsp3) is 0.136. The van der Waals surface area contributed by atoms with E-state index in [0.29, 0.717) is 51.1 Å². The van der Waals surface area contributed by atoms with Crippen LogP contribution in [0.2, 0.25) is 0 Å². The lowest BCUT2D eigenvalue weighted by molar-refractivity contribution is 0.102. The van der Waals surface area contributed by atoms with E-state index in [1.807, 2.05) is 0 Å². The predicted octanol–water partition coefficient (Wildman–Crippen LogP) is 4.17. The number of anilines is 1. The predicted molar refractivity (Wildman–Crippen MR) is 111 cm³/mol. The summed E-state index contributed by atoms with van der Waals surface area (Å²) in [5, 5.41) is 2.83. The van der Waals surface area contributed by atoms with Crippen LogP contribution in [0, 0.1) is 0 Å². The molecule has 4 aromatic rings. The number of methoxy groups -OCH3 is 3. The highest BCUT2D eigenvalue weighted by Crippen LogP contribution is 2.41. The van der Waals surface area contributed by atoms with Crippen molar-refractivity contribution in [1.82, 2.24) is 9.97 Å². The number of carbonyl (C=O) groups is 1. The molecule has 0 atom stereocenters. The maximum Gasteiger partial charge on any atom is 0.257 e. The summed E-state index contributed by atoms with van der Waals surface area (Å²) in [5.74, 6) is 1.62. The van der Waals surface area contributed by atoms with E-state index in [-0.39, 0.29) is 5.91 Å². The molecule has 0 unspecified atom stereocenters. The number of hydrogen-bond donors (Lipinski definition) is 1. The number of hydrogen-bond acceptors (Lipinski definition) is 7. The van der Waals surface area contributed by atoms with E-state index in [4.69, 9.17) is 18.6 Å². The van der Waals surface area contributed by atoms with Crippen molar-refractivity contribution in [3.8, 4) is 28.7 Å². The van der Waals surface area contributed by atoms with Gasteiger partial charge in [0, 0.05) is 23.6 Å². The highest BCUT2D eigenvalue weighted by Gasteiger charge is 2.17. The zero-order chi connectivity index (χ0) is 21.1. The minimum absolute atomic E-state index is 0.254. The smallest absolute Gasteiger partial charge is 0.257 e. The number of nitrogens with one attached hydrogen (secondary N) is 1. The molecule has 1 amide bonds. The number of ether oxygens (including phenoxy) is 3. The van der Waals surface area contributed by atoms with Crippen LogP contribution in [0.25, 0.3) is 22.6 Å². The molecule has 0 aliphatic carbocycles. The van der Waals surface area contributed by atoms with Crippen LogP contribution < -0.4 is 19.5 Å². The second-order valence-corrected chi connectivity index (χ2v) is 6.31. The molecule has 1 N–H and O–H groups in total. The first-order chi connectivity index (χ1) is 14.6. The second kappa shape index (κ2) is 8.12. The average Bonchev–Trinajstić information content (AvgIpc) is 3.22. The normalized spacial score (nSPS) is 10.6. The molecule has 30 heavy (non-hydrogen) atoms. The van der Waals surface area contributed by atoms with Crippen molar-refractivity contribution in [2.75, 3.05) is 26.6 Å². The van der Waals surface area contributed by atoms with Crippen molar-refractivity contribution in [2.45, 2.75) is 0 Å². The third kappa shape index (κ3) is 3.62. The van der Waals surface area contributed by atoms with Crippen LogP contribution in [0.1, 0.15) is 10.4 Å². The molecule has 0 bridgehead atoms. The molecule has 2 aromatic heterocycles. The van der Waals surface area contributed by atoms with Crippen molar-refractivity contribution < 1.29 is 23.4 Å². The Bertz CT molecular complexity index is 1180. The maximum absolute atomic E-state index is 12.3. The van der Waals surface area contributed by atoms with E-state index in [1.54, 1.807) is 70.0 Å². The Morgan fingerprint density at radius 2 is 1.77 bits per heavy atom. The molecular weight excluding hydrogens is 386 g/mol. The number of pyridine rings is 1. The van der Waals surface area contributed by atoms with Gasteiger partial charge < -0.3 is 23.9 Å². The molecule has 0 fully saturated rings. The van der Waals surface area contributed by atoms with Crippen LogP contribution in [0.4, 0.5) is 5.69 Å². The molecule has 0 saturated heterocycles. The molecule has 0 saturated carbocycles. The highest BCUT2D eigenvalue weighted by molar-refractivity contribution is 6.04. The second-order valence-electron chi connectivity index (χ2n) is 6.31. The van der Waals surface area contributed by atoms with Gasteiger partial charge in [-0.3, -0.25) is 9.78 Å². The number of aromatic nitrogens is 2. The Hall–Kier alpha value is -4.07. The number of amides is 1. The Kier molecular flexibility index (Phi) is 5.21. The quantitative estimate of drug-likeness (QED) is 0.514. The Labute approximate surface area is 172 Å². The van der Waals surface area contributed by atoms with Gasteiger partial charge in [0.1, 0.15) is 5.52 Å². The Morgan fingerprint density at radius 1 is 1.00 bits per heavy atom. The van der Waals surface area contributed by atoms with Crippen LogP contribution in [-0.2, 0) is 0 Å². The molecule has 8 heteroatoms. The molecule has 0 radical (unpaired) electrons. The molecule has 4 rings (SSSR count). The van der Waals surface area contributed by atoms with Gasteiger partial charge in [-0.1, -0.05) is 0 Å². The zero-order valence-corrected chi connectivity index (χ0v) is 16.6. The number of benzene rings is 2. The van der Waals surface area contributed by atoms with Crippen LogP contribution in [0.15, 0.2) is 59.3 Å². The lowest BCUT2D eigenvalue weighted by Gasteiger charge is -2.12. The van der Waals surface area contributed by atoms with Gasteiger partial charge in [0.2, 0.25) is 11.6 Å². The third-order valence-electron chi connectivity index (χ3n) is 4.48. The standard InChI is InChI=1S/C22H19N3O5/c1-27-18-9-14(10-19(28-2)20(18)29-3)22-25-16-11-15(6-7-17(16)30-22)24-21(26)13-5-4-8-23-12-13/h4-12H,1-3H3,(H,24,26). The number of rotatable bonds is 6. The van der Waals surface area contributed by atoms with E-state index >= 15 is 0 Å². The summed E-state index contributed by atoms with van der Waals surface area (Å²) in [6.07, 6.45) is 3.12. The van der Waals surface area contributed by atoms with Crippen LogP contribution in [0.5, 0.6) is 17.2 Å². The molecule has 152 valence electrons. The summed E-state index contributed by atoms with van der Waals surface area (Å²) >= 11 is 0. The fourth-order valence-corrected chi connectivity index (χ4v) is 3.03. The highest BCUT2D eigenvalue weighted by atomic mass is 16.5. The summed E-state index contributed by atoms with van der Waals surface area (Å²) in [6.45, 7) is 0. The van der Waals surface area contributed by atoms with Gasteiger partial charge in [-0.25, -0.2) is 4.98 Å². The summed E-state index contributed by atoms with van der Waals surface area (Å²) in [6, 6.07) is 12.2. The van der Waals surface area contributed by atoms with Gasteiger partial charge in [-0.2, -0.15) is 0 Å². The number of nitrogens with zero attached hydrogens (tertiary/aromatic N) is 2. The van der Waals surface area contributed by atoms with E-state index in [1.165, 1.54) is 6.20 Å². The van der Waals surface area contributed by atoms with Crippen LogP contribution in [0.3, 0.4) is 0 Å². The minimum atomic E-state index is -0.254. The van der Waals surface area contributed by atoms with Gasteiger partial charge in [0.15, 0.2) is 17.1 Å². The third-order valence-corrected chi connectivity index (χ3v) is 4.48. The Balaban J connectivity index is 1.67. The van der Waals surface area contributed by atoms with E-state index in [9.17, 15) is 4.79 Å². The average molecular weight is 405 g/mol. The summed E-state index contributed by atoms with van der Waals surface area (Å²) in [7, 11) is 4.63. The summed E-state index contributed by atoms with van der Waals surface area (Å²) < 4.78 is 22.0. The monoisotopic (exact) mass is 405 g/mol. The van der Waals surface area contributed by atoms with Crippen molar-refractivity contribution in [1.29, 1.82) is 0 Å². The van der Waals surface area contributed by atoms with E-state index < -0.39 is 0 Å². The minimum Gasteiger partial charge on any atom is -0.493 e. The Morgan fingerprint density at radius 3 is 2.40 bits per heavy atom. The van der Waals surface area contributed by atoms with Crippen molar-refractivity contribution in [2.24, 2.45) is 0 Å². The zero-order valence-electron chi connectivity index (χ0n) is 16.6. The van der Waals surface area contributed by atoms with Gasteiger partial charge in [-0.05, 0) is 42.5 Å². The van der Waals surface area contributed by atoms with Crippen LogP contribution in [-0.4, -0.2) is 37.2 Å². The lowest BCUT2D eigenvalue weighted by Crippen LogP contribution is -2.11. The first kappa shape index (κ1) is 19.3. The maximum atomic E-state index is 12.3. The molecular formula is C22H19N3O5. The van der Waals surface area contributed by atoms with Gasteiger partial charge in [0.05, 0.1) is 26.9 Å². The van der Waals surface area contributed by atoms with Gasteiger partial charge in [0.25, 0.3) is 5.91 Å². The van der Waals surface area contributed by atoms with E-state index in [2.05, 4.69) is 15.3 Å². The molecule has 8 nitrogen and oxygen atoms in total. The lowest BCUT2D eigenvalue weighted by atomic mass is 10.2. The molecule has 2 aromatic carbocycles. The fourth-order valence-electron chi connectivity index (χ4n) is 3.03. The first-order valence-corrected chi connectivity index (χ1v) is 9.05. The number of carbonyl (C=O) groups excluding carboxylic acids is 1. The molecule has 0 spiro atoms. The van der Waals surface area contributed by atoms with Crippen molar-refractivity contribution in [3.05, 3.63) is 60.4 Å². The largest absolute Gasteiger partial charge is 0.493 e. The molecule has 2 heterocycles. The van der Waals surface area contributed by atoms with Gasteiger partial charge in [-0.15, -0.1) is 0 Å².